The number of pyridine rings is 1. The number of rotatable bonds is 2. The Kier molecular flexibility index (Phi) is 2.76. The molecule has 0 aliphatic rings. The van der Waals surface area contributed by atoms with E-state index in [1.54, 1.807) is 18.3 Å². The maximum Gasteiger partial charge on any atom is 0.337 e. The molecule has 0 amide bonds. The van der Waals surface area contributed by atoms with Crippen molar-refractivity contribution in [3.05, 3.63) is 60.6 Å². The lowest BCUT2D eigenvalue weighted by Crippen LogP contribution is -2.01. The van der Waals surface area contributed by atoms with E-state index in [2.05, 4.69) is 14.3 Å². The van der Waals surface area contributed by atoms with E-state index >= 15 is 0 Å². The van der Waals surface area contributed by atoms with Crippen LogP contribution in [0.1, 0.15) is 10.4 Å². The Hall–Kier alpha value is -2.62. The van der Waals surface area contributed by atoms with Gasteiger partial charge in [-0.05, 0) is 36.4 Å². The van der Waals surface area contributed by atoms with E-state index in [-0.39, 0.29) is 5.97 Å². The minimum Gasteiger partial charge on any atom is -0.465 e. The zero-order valence-corrected chi connectivity index (χ0v) is 10.4. The molecular formula is C15H12N2O2. The van der Waals surface area contributed by atoms with Gasteiger partial charge in [0.25, 0.3) is 0 Å². The second-order valence-electron chi connectivity index (χ2n) is 4.16. The minimum atomic E-state index is -0.326. The number of hydrogen-bond donors (Lipinski definition) is 0. The van der Waals surface area contributed by atoms with Crippen molar-refractivity contribution in [2.45, 2.75) is 0 Å². The molecule has 1 aromatic carbocycles. The van der Waals surface area contributed by atoms with Crippen LogP contribution in [0.5, 0.6) is 0 Å². The molecule has 0 N–H and O–H groups in total. The summed E-state index contributed by atoms with van der Waals surface area (Å²) in [5, 5.41) is 1.08. The average molecular weight is 252 g/mol. The number of methoxy groups -OCH3 is 1. The van der Waals surface area contributed by atoms with Gasteiger partial charge in [-0.1, -0.05) is 0 Å². The van der Waals surface area contributed by atoms with Crippen molar-refractivity contribution in [1.29, 1.82) is 0 Å². The fraction of sp³-hybridized carbons (Fsp3) is 0.0667. The van der Waals surface area contributed by atoms with Gasteiger partial charge in [0.05, 0.1) is 18.2 Å². The fourth-order valence-electron chi connectivity index (χ4n) is 2.08. The van der Waals surface area contributed by atoms with Gasteiger partial charge in [0.2, 0.25) is 0 Å². The number of ether oxygens (including phenoxy) is 1. The Bertz CT molecular complexity index is 729. The summed E-state index contributed by atoms with van der Waals surface area (Å²) in [6, 6.07) is 11.3. The number of carbonyl (C=O) groups excluding carboxylic acids is 1. The van der Waals surface area contributed by atoms with Gasteiger partial charge in [0, 0.05) is 29.7 Å². The van der Waals surface area contributed by atoms with Crippen molar-refractivity contribution < 1.29 is 9.53 Å². The molecule has 0 saturated heterocycles. The number of aromatic nitrogens is 2. The highest BCUT2D eigenvalue weighted by Crippen LogP contribution is 2.19. The molecule has 2 aromatic heterocycles. The zero-order valence-electron chi connectivity index (χ0n) is 10.4. The molecule has 0 aliphatic heterocycles. The van der Waals surface area contributed by atoms with Crippen LogP contribution in [0.15, 0.2) is 55.0 Å². The van der Waals surface area contributed by atoms with Crippen LogP contribution in [-0.4, -0.2) is 22.6 Å². The average Bonchev–Trinajstić information content (AvgIpc) is 2.90. The van der Waals surface area contributed by atoms with Gasteiger partial charge >= 0.3 is 5.97 Å². The molecule has 0 atom stereocenters. The highest BCUT2D eigenvalue weighted by atomic mass is 16.5. The monoisotopic (exact) mass is 252 g/mol. The van der Waals surface area contributed by atoms with E-state index in [0.717, 1.165) is 16.6 Å². The fourth-order valence-corrected chi connectivity index (χ4v) is 2.08. The van der Waals surface area contributed by atoms with Crippen LogP contribution >= 0.6 is 0 Å². The molecule has 0 spiro atoms. The van der Waals surface area contributed by atoms with E-state index in [1.165, 1.54) is 7.11 Å². The lowest BCUT2D eigenvalue weighted by Gasteiger charge is -2.06. The van der Waals surface area contributed by atoms with Gasteiger partial charge in [0.15, 0.2) is 0 Å². The molecule has 0 saturated carbocycles. The van der Waals surface area contributed by atoms with Gasteiger partial charge in [-0.2, -0.15) is 0 Å². The highest BCUT2D eigenvalue weighted by Gasteiger charge is 2.06. The van der Waals surface area contributed by atoms with Crippen LogP contribution in [-0.2, 0) is 4.74 Å². The Labute approximate surface area is 110 Å². The van der Waals surface area contributed by atoms with Crippen LogP contribution in [0.2, 0.25) is 0 Å². The lowest BCUT2D eigenvalue weighted by molar-refractivity contribution is 0.0601. The Morgan fingerprint density at radius 1 is 1.16 bits per heavy atom. The molecule has 4 heteroatoms. The van der Waals surface area contributed by atoms with Crippen molar-refractivity contribution in [3.8, 4) is 5.69 Å². The third-order valence-corrected chi connectivity index (χ3v) is 3.06. The molecule has 0 bridgehead atoms. The van der Waals surface area contributed by atoms with Crippen molar-refractivity contribution in [3.63, 3.8) is 0 Å². The Balaban J connectivity index is 2.05. The normalized spacial score (nSPS) is 10.6. The highest BCUT2D eigenvalue weighted by molar-refractivity contribution is 5.89. The number of benzene rings is 1. The van der Waals surface area contributed by atoms with Gasteiger partial charge in [-0.25, -0.2) is 4.79 Å². The summed E-state index contributed by atoms with van der Waals surface area (Å²) >= 11 is 0. The first-order valence-corrected chi connectivity index (χ1v) is 5.89. The predicted molar refractivity (Wildman–Crippen MR) is 72.4 cm³/mol. The van der Waals surface area contributed by atoms with Crippen LogP contribution in [0.25, 0.3) is 16.6 Å². The standard InChI is InChI=1S/C15H12N2O2/c1-19-15(18)11-2-4-13(5-3-11)17-9-7-12-10-16-8-6-14(12)17/h2-10H,1H3. The quantitative estimate of drug-likeness (QED) is 0.659. The number of carbonyl (C=O) groups is 1. The topological polar surface area (TPSA) is 44.1 Å². The first-order chi connectivity index (χ1) is 9.29. The van der Waals surface area contributed by atoms with Gasteiger partial charge in [0.1, 0.15) is 0 Å². The third-order valence-electron chi connectivity index (χ3n) is 3.06. The Morgan fingerprint density at radius 3 is 2.68 bits per heavy atom. The second-order valence-corrected chi connectivity index (χ2v) is 4.16. The molecular weight excluding hydrogens is 240 g/mol. The molecule has 4 nitrogen and oxygen atoms in total. The molecule has 3 rings (SSSR count). The maximum absolute atomic E-state index is 11.4. The summed E-state index contributed by atoms with van der Waals surface area (Å²) in [5.74, 6) is -0.326. The first-order valence-electron chi connectivity index (χ1n) is 5.89. The van der Waals surface area contributed by atoms with Crippen LogP contribution < -0.4 is 0 Å². The minimum absolute atomic E-state index is 0.326. The summed E-state index contributed by atoms with van der Waals surface area (Å²) in [7, 11) is 1.38. The smallest absolute Gasteiger partial charge is 0.337 e. The second kappa shape index (κ2) is 4.57. The van der Waals surface area contributed by atoms with E-state index in [1.807, 2.05) is 36.7 Å². The lowest BCUT2D eigenvalue weighted by atomic mass is 10.2. The maximum atomic E-state index is 11.4. The number of esters is 1. The number of fused-ring (bicyclic) bond motifs is 1. The van der Waals surface area contributed by atoms with Crippen molar-refractivity contribution >= 4 is 16.9 Å². The predicted octanol–water partition coefficient (Wildman–Crippen LogP) is 2.81. The summed E-state index contributed by atoms with van der Waals surface area (Å²) in [4.78, 5) is 15.5. The van der Waals surface area contributed by atoms with Gasteiger partial charge < -0.3 is 9.30 Å². The van der Waals surface area contributed by atoms with E-state index in [9.17, 15) is 4.79 Å². The molecule has 0 aliphatic carbocycles. The van der Waals surface area contributed by atoms with Crippen molar-refractivity contribution in [2.75, 3.05) is 7.11 Å². The molecule has 19 heavy (non-hydrogen) atoms. The summed E-state index contributed by atoms with van der Waals surface area (Å²) in [5.41, 5.74) is 2.62. The molecule has 0 fully saturated rings. The largest absolute Gasteiger partial charge is 0.465 e. The summed E-state index contributed by atoms with van der Waals surface area (Å²) in [6.45, 7) is 0. The first kappa shape index (κ1) is 11.5. The van der Waals surface area contributed by atoms with E-state index in [4.69, 9.17) is 0 Å². The van der Waals surface area contributed by atoms with E-state index in [0.29, 0.717) is 5.56 Å². The SMILES string of the molecule is COC(=O)c1ccc(-n2ccc3cnccc32)cc1. The zero-order chi connectivity index (χ0) is 13.2. The Morgan fingerprint density at radius 2 is 1.95 bits per heavy atom. The summed E-state index contributed by atoms with van der Waals surface area (Å²) in [6.07, 6.45) is 5.58. The third kappa shape index (κ3) is 1.97. The molecule has 3 aromatic rings. The number of nitrogens with zero attached hydrogens (tertiary/aromatic N) is 2. The number of hydrogen-bond acceptors (Lipinski definition) is 3. The van der Waals surface area contributed by atoms with Crippen molar-refractivity contribution in [1.82, 2.24) is 9.55 Å². The van der Waals surface area contributed by atoms with Gasteiger partial charge in [-0.15, -0.1) is 0 Å². The van der Waals surface area contributed by atoms with E-state index < -0.39 is 0 Å². The van der Waals surface area contributed by atoms with Crippen LogP contribution in [0, 0.1) is 0 Å². The molecule has 0 unspecified atom stereocenters. The molecule has 0 radical (unpaired) electrons. The summed E-state index contributed by atoms with van der Waals surface area (Å²) < 4.78 is 6.74. The van der Waals surface area contributed by atoms with Crippen molar-refractivity contribution in [2.24, 2.45) is 0 Å². The molecule has 2 heterocycles. The van der Waals surface area contributed by atoms with Crippen LogP contribution in [0.4, 0.5) is 0 Å². The van der Waals surface area contributed by atoms with Crippen LogP contribution in [0.3, 0.4) is 0 Å². The molecule has 94 valence electrons. The van der Waals surface area contributed by atoms with Gasteiger partial charge in [-0.3, -0.25) is 4.98 Å².